The Hall–Kier alpha value is -2.56. The van der Waals surface area contributed by atoms with Crippen LogP contribution in [0.5, 0.6) is 0 Å². The molecule has 0 aromatic carbocycles. The molecular weight excluding hydrogens is 264 g/mol. The van der Waals surface area contributed by atoms with Crippen LogP contribution in [-0.2, 0) is 9.59 Å². The van der Waals surface area contributed by atoms with Gasteiger partial charge in [0.05, 0.1) is 24.1 Å². The Bertz CT molecular complexity index is 567. The summed E-state index contributed by atoms with van der Waals surface area (Å²) >= 11 is 0. The number of nitrogen functional groups attached to an aromatic ring is 1. The van der Waals surface area contributed by atoms with E-state index in [-0.39, 0.29) is 30.6 Å². The molecule has 20 heavy (non-hydrogen) atoms. The van der Waals surface area contributed by atoms with Gasteiger partial charge in [-0.15, -0.1) is 0 Å². The normalized spacial score (nSPS) is 25.9. The van der Waals surface area contributed by atoms with E-state index in [0.29, 0.717) is 0 Å². The lowest BCUT2D eigenvalue weighted by Crippen LogP contribution is -2.33. The van der Waals surface area contributed by atoms with Gasteiger partial charge in [-0.3, -0.25) is 9.59 Å². The third-order valence-corrected chi connectivity index (χ3v) is 3.68. The minimum atomic E-state index is -1.02. The average molecular weight is 278 g/mol. The van der Waals surface area contributed by atoms with Gasteiger partial charge in [0.1, 0.15) is 17.5 Å². The fraction of sp³-hybridized carbons (Fsp3) is 0.500. The Labute approximate surface area is 114 Å². The topological polar surface area (TPSA) is 142 Å². The Kier molecular flexibility index (Phi) is 3.61. The second-order valence-corrected chi connectivity index (χ2v) is 4.93. The van der Waals surface area contributed by atoms with Crippen molar-refractivity contribution in [2.75, 3.05) is 5.73 Å². The first-order chi connectivity index (χ1) is 9.43. The SMILES string of the molecule is N#Cc1cnn(C2CC(C(=O)O)CC(C(=O)O)C2)c1N. The molecule has 1 aromatic heterocycles. The standard InChI is InChI=1S/C12H14N4O4/c13-4-8-5-15-16(10(8)14)9-2-6(11(17)18)1-7(3-9)12(19)20/h5-7,9H,1-3,14H2,(H,17,18)(H,19,20). The summed E-state index contributed by atoms with van der Waals surface area (Å²) in [6, 6.07) is 1.46. The summed E-state index contributed by atoms with van der Waals surface area (Å²) in [4.78, 5) is 22.3. The van der Waals surface area contributed by atoms with E-state index in [9.17, 15) is 9.59 Å². The van der Waals surface area contributed by atoms with Gasteiger partial charge in [-0.2, -0.15) is 10.4 Å². The highest BCUT2D eigenvalue weighted by Crippen LogP contribution is 2.37. The summed E-state index contributed by atoms with van der Waals surface area (Å²) in [5, 5.41) is 31.1. The summed E-state index contributed by atoms with van der Waals surface area (Å²) in [5.74, 6) is -3.39. The molecule has 1 heterocycles. The number of hydrogen-bond donors (Lipinski definition) is 3. The number of aromatic nitrogens is 2. The van der Waals surface area contributed by atoms with E-state index in [0.717, 1.165) is 0 Å². The van der Waals surface area contributed by atoms with E-state index in [4.69, 9.17) is 21.2 Å². The lowest BCUT2D eigenvalue weighted by atomic mass is 9.78. The lowest BCUT2D eigenvalue weighted by molar-refractivity contribution is -0.148. The molecule has 8 heteroatoms. The molecule has 4 N–H and O–H groups in total. The average Bonchev–Trinajstić information content (AvgIpc) is 2.79. The minimum absolute atomic E-state index is 0.105. The van der Waals surface area contributed by atoms with E-state index in [1.807, 2.05) is 6.07 Å². The van der Waals surface area contributed by atoms with Crippen LogP contribution in [0.2, 0.25) is 0 Å². The van der Waals surface area contributed by atoms with E-state index < -0.39 is 29.8 Å². The Morgan fingerprint density at radius 3 is 2.25 bits per heavy atom. The van der Waals surface area contributed by atoms with Gasteiger partial charge in [0, 0.05) is 0 Å². The molecule has 1 aliphatic carbocycles. The zero-order chi connectivity index (χ0) is 14.9. The van der Waals surface area contributed by atoms with E-state index in [1.54, 1.807) is 0 Å². The van der Waals surface area contributed by atoms with Crippen LogP contribution < -0.4 is 5.73 Å². The van der Waals surface area contributed by atoms with Crippen LogP contribution in [0, 0.1) is 23.2 Å². The van der Waals surface area contributed by atoms with Gasteiger partial charge in [0.15, 0.2) is 0 Å². The Morgan fingerprint density at radius 2 is 1.85 bits per heavy atom. The lowest BCUT2D eigenvalue weighted by Gasteiger charge is -2.31. The smallest absolute Gasteiger partial charge is 0.306 e. The molecule has 0 aliphatic heterocycles. The number of carboxylic acid groups (broad SMARTS) is 2. The zero-order valence-electron chi connectivity index (χ0n) is 10.6. The predicted molar refractivity (Wildman–Crippen MR) is 66.5 cm³/mol. The van der Waals surface area contributed by atoms with Crippen molar-refractivity contribution >= 4 is 17.8 Å². The van der Waals surface area contributed by atoms with Crippen LogP contribution >= 0.6 is 0 Å². The molecule has 2 rings (SSSR count). The van der Waals surface area contributed by atoms with Crippen LogP contribution in [0.1, 0.15) is 30.9 Å². The molecule has 0 saturated heterocycles. The highest BCUT2D eigenvalue weighted by molar-refractivity contribution is 5.74. The molecule has 0 amide bonds. The van der Waals surface area contributed by atoms with Crippen LogP contribution in [0.15, 0.2) is 6.20 Å². The predicted octanol–water partition coefficient (Wildman–Crippen LogP) is 0.464. The summed E-state index contributed by atoms with van der Waals surface area (Å²) in [5.41, 5.74) is 5.97. The molecule has 1 fully saturated rings. The summed E-state index contributed by atoms with van der Waals surface area (Å²) in [6.07, 6.45) is 1.93. The van der Waals surface area contributed by atoms with Crippen molar-refractivity contribution in [2.45, 2.75) is 25.3 Å². The van der Waals surface area contributed by atoms with Gasteiger partial charge >= 0.3 is 11.9 Å². The van der Waals surface area contributed by atoms with Gasteiger partial charge in [-0.05, 0) is 19.3 Å². The van der Waals surface area contributed by atoms with Crippen LogP contribution in [0.25, 0.3) is 0 Å². The number of rotatable bonds is 3. The van der Waals surface area contributed by atoms with Gasteiger partial charge in [0.2, 0.25) is 0 Å². The van der Waals surface area contributed by atoms with Gasteiger partial charge in [-0.1, -0.05) is 0 Å². The highest BCUT2D eigenvalue weighted by Gasteiger charge is 2.38. The number of hydrogen-bond acceptors (Lipinski definition) is 5. The number of carbonyl (C=O) groups is 2. The summed E-state index contributed by atoms with van der Waals surface area (Å²) in [6.45, 7) is 0. The molecule has 106 valence electrons. The molecule has 1 aliphatic rings. The summed E-state index contributed by atoms with van der Waals surface area (Å²) in [7, 11) is 0. The number of nitrogens with two attached hydrogens (primary N) is 1. The van der Waals surface area contributed by atoms with Crippen molar-refractivity contribution in [3.05, 3.63) is 11.8 Å². The second-order valence-electron chi connectivity index (χ2n) is 4.93. The third-order valence-electron chi connectivity index (χ3n) is 3.68. The van der Waals surface area contributed by atoms with Crippen LogP contribution in [0.3, 0.4) is 0 Å². The van der Waals surface area contributed by atoms with Crippen molar-refractivity contribution in [1.82, 2.24) is 9.78 Å². The van der Waals surface area contributed by atoms with Crippen molar-refractivity contribution in [3.8, 4) is 6.07 Å². The number of nitriles is 1. The maximum atomic E-state index is 11.1. The van der Waals surface area contributed by atoms with E-state index in [1.165, 1.54) is 10.9 Å². The number of nitrogens with zero attached hydrogens (tertiary/aromatic N) is 3. The number of carboxylic acids is 2. The van der Waals surface area contributed by atoms with Gasteiger partial charge in [-0.25, -0.2) is 4.68 Å². The fourth-order valence-corrected chi connectivity index (χ4v) is 2.64. The maximum Gasteiger partial charge on any atom is 0.306 e. The van der Waals surface area contributed by atoms with Gasteiger partial charge < -0.3 is 15.9 Å². The second kappa shape index (κ2) is 5.21. The maximum absolute atomic E-state index is 11.1. The quantitative estimate of drug-likeness (QED) is 0.728. The molecule has 2 atom stereocenters. The van der Waals surface area contributed by atoms with Gasteiger partial charge in [0.25, 0.3) is 0 Å². The van der Waals surface area contributed by atoms with E-state index in [2.05, 4.69) is 5.10 Å². The zero-order valence-corrected chi connectivity index (χ0v) is 10.6. The number of aliphatic carboxylic acids is 2. The summed E-state index contributed by atoms with van der Waals surface area (Å²) < 4.78 is 1.36. The van der Waals surface area contributed by atoms with Crippen LogP contribution in [0.4, 0.5) is 5.82 Å². The minimum Gasteiger partial charge on any atom is -0.481 e. The van der Waals surface area contributed by atoms with Crippen LogP contribution in [-0.4, -0.2) is 31.9 Å². The number of anilines is 1. The molecule has 0 spiro atoms. The highest BCUT2D eigenvalue weighted by atomic mass is 16.4. The molecule has 1 saturated carbocycles. The Morgan fingerprint density at radius 1 is 1.30 bits per heavy atom. The van der Waals surface area contributed by atoms with Crippen molar-refractivity contribution < 1.29 is 19.8 Å². The fourth-order valence-electron chi connectivity index (χ4n) is 2.64. The first kappa shape index (κ1) is 13.9. The third kappa shape index (κ3) is 2.42. The van der Waals surface area contributed by atoms with Crippen molar-refractivity contribution in [1.29, 1.82) is 5.26 Å². The molecule has 8 nitrogen and oxygen atoms in total. The van der Waals surface area contributed by atoms with Crippen molar-refractivity contribution in [2.24, 2.45) is 11.8 Å². The monoisotopic (exact) mass is 278 g/mol. The molecule has 2 unspecified atom stereocenters. The molecular formula is C12H14N4O4. The first-order valence-electron chi connectivity index (χ1n) is 6.12. The Balaban J connectivity index is 2.30. The largest absolute Gasteiger partial charge is 0.481 e. The molecule has 1 aromatic rings. The van der Waals surface area contributed by atoms with Crippen molar-refractivity contribution in [3.63, 3.8) is 0 Å². The van der Waals surface area contributed by atoms with E-state index >= 15 is 0 Å². The molecule has 0 radical (unpaired) electrons. The first-order valence-corrected chi connectivity index (χ1v) is 6.12. The molecule has 0 bridgehead atoms.